The predicted octanol–water partition coefficient (Wildman–Crippen LogP) is 12.3. The highest BCUT2D eigenvalue weighted by Gasteiger charge is 2.95. The minimum atomic E-state index is 1.05. The summed E-state index contributed by atoms with van der Waals surface area (Å²) in [7, 11) is 0. The van der Waals surface area contributed by atoms with Gasteiger partial charge < -0.3 is 0 Å². The van der Waals surface area contributed by atoms with Crippen LogP contribution in [0.25, 0.3) is 0 Å². The molecule has 0 aromatic carbocycles. The third kappa shape index (κ3) is 2.63. The topological polar surface area (TPSA) is 0 Å². The lowest BCUT2D eigenvalue weighted by Gasteiger charge is -2.92. The molecule has 30 rings (SSSR count). The second-order valence-electron chi connectivity index (χ2n) is 39.3. The van der Waals surface area contributed by atoms with Crippen molar-refractivity contribution >= 4 is 0 Å². The van der Waals surface area contributed by atoms with E-state index < -0.39 is 0 Å². The van der Waals surface area contributed by atoms with E-state index in [2.05, 4.69) is 13.8 Å². The van der Waals surface area contributed by atoms with Crippen LogP contribution >= 0.6 is 0 Å². The molecule has 30 aliphatic rings. The Morgan fingerprint density at radius 2 is 0.306 bits per heavy atom. The summed E-state index contributed by atoms with van der Waals surface area (Å²) in [4.78, 5) is 0. The summed E-state index contributed by atoms with van der Waals surface area (Å²) in [5, 5.41) is 0. The standard InChI is InChI=1S/C72H86/c1-13-14(2)21-10-23-25-12-29-36-27-8-19-6-17-4-15-3-16-5-18-7-26-30(18)45-32(16)47-34(15)48-33(17)46(31(19)27)58-50(36)44(29)56-42(25)54-40(23)52-38(21)37-20(13)9-22-24-11-28-35(26)49-43(28)55-41(24)53-39(22)51(37)61(52)69-62(53)70-64(55)66(57(45)49)59(47)68-60(48)67(58)65(56)71(63(54)69)72(68)70/h13-72H,3-12H2,1-2H3. The maximum absolute atomic E-state index is 2.99. The zero-order valence-electron chi connectivity index (χ0n) is 43.7. The molecule has 374 valence electrons. The predicted molar refractivity (Wildman–Crippen MR) is 267 cm³/mol. The fourth-order valence-electron chi connectivity index (χ4n) is 46.4. The molecule has 0 amide bonds. The molecule has 72 heavy (non-hydrogen) atoms. The Morgan fingerprint density at radius 3 is 0.611 bits per heavy atom. The van der Waals surface area contributed by atoms with Gasteiger partial charge in [-0.3, -0.25) is 0 Å². The zero-order valence-corrected chi connectivity index (χ0v) is 43.7. The van der Waals surface area contributed by atoms with Gasteiger partial charge in [0.2, 0.25) is 0 Å². The monoisotopic (exact) mass is 951 g/mol. The van der Waals surface area contributed by atoms with Crippen LogP contribution in [0.15, 0.2) is 0 Å². The first-order valence-electron chi connectivity index (χ1n) is 35.7. The minimum Gasteiger partial charge on any atom is -0.0620 e. The highest BCUT2D eigenvalue weighted by atomic mass is 15.0. The molecular weight excluding hydrogens is 865 g/mol. The van der Waals surface area contributed by atoms with Gasteiger partial charge in [0.25, 0.3) is 0 Å². The van der Waals surface area contributed by atoms with E-state index in [4.69, 9.17) is 0 Å². The average molecular weight is 951 g/mol. The Morgan fingerprint density at radius 1 is 0.125 bits per heavy atom. The third-order valence-corrected chi connectivity index (χ3v) is 43.1. The lowest BCUT2D eigenvalue weighted by Crippen LogP contribution is -2.88. The Kier molecular flexibility index (Phi) is 4.76. The fraction of sp³-hybridized carbons (Fsp3) is 1.00. The van der Waals surface area contributed by atoms with Gasteiger partial charge in [0, 0.05) is 0 Å². The van der Waals surface area contributed by atoms with Crippen molar-refractivity contribution in [3.63, 3.8) is 0 Å². The van der Waals surface area contributed by atoms with E-state index in [1.807, 2.05) is 25.7 Å². The number of hydrogen-bond donors (Lipinski definition) is 0. The van der Waals surface area contributed by atoms with Crippen molar-refractivity contribution in [3.05, 3.63) is 0 Å². The van der Waals surface area contributed by atoms with Gasteiger partial charge in [0.1, 0.15) is 0 Å². The number of rotatable bonds is 0. The summed E-state index contributed by atoms with van der Waals surface area (Å²) >= 11 is 0. The molecule has 0 N–H and O–H groups in total. The molecule has 0 aromatic rings. The third-order valence-electron chi connectivity index (χ3n) is 43.1. The number of hydrogen-bond acceptors (Lipinski definition) is 0. The summed E-state index contributed by atoms with van der Waals surface area (Å²) in [6.45, 7) is 5.98. The first-order chi connectivity index (χ1) is 35.7. The van der Waals surface area contributed by atoms with Crippen LogP contribution in [0.3, 0.4) is 0 Å². The van der Waals surface area contributed by atoms with E-state index in [1.165, 1.54) is 331 Å². The molecule has 30 saturated carbocycles. The van der Waals surface area contributed by atoms with Crippen LogP contribution < -0.4 is 0 Å². The van der Waals surface area contributed by atoms with E-state index in [0.717, 1.165) is 23.7 Å². The molecule has 0 bridgehead atoms. The van der Waals surface area contributed by atoms with Crippen LogP contribution in [-0.4, -0.2) is 0 Å². The summed E-state index contributed by atoms with van der Waals surface area (Å²) in [5.41, 5.74) is 0. The van der Waals surface area contributed by atoms with Crippen LogP contribution in [0.5, 0.6) is 0 Å². The van der Waals surface area contributed by atoms with Crippen molar-refractivity contribution in [2.75, 3.05) is 0 Å². The first-order valence-corrected chi connectivity index (χ1v) is 35.7. The van der Waals surface area contributed by atoms with Crippen LogP contribution in [-0.2, 0) is 0 Å². The first kappa shape index (κ1) is 35.6. The molecule has 30 fully saturated rings. The maximum Gasteiger partial charge on any atom is -0.0312 e. The Hall–Kier alpha value is 0. The van der Waals surface area contributed by atoms with Gasteiger partial charge in [-0.15, -0.1) is 0 Å². The van der Waals surface area contributed by atoms with Crippen molar-refractivity contribution < 1.29 is 0 Å². The quantitative estimate of drug-likeness (QED) is 0.227. The zero-order chi connectivity index (χ0) is 43.7. The molecule has 0 aromatic heterocycles. The lowest BCUT2D eigenvalue weighted by atomic mass is 9.12. The lowest BCUT2D eigenvalue weighted by molar-refractivity contribution is -0.452. The molecule has 54 atom stereocenters. The molecule has 0 aliphatic heterocycles. The molecule has 0 saturated heterocycles. The molecule has 54 unspecified atom stereocenters. The SMILES string of the molecule is CC1C(C)C2CC3C4CC5C6C7CC8CC9CC%10CC%11CC%12CC%13C%12C%12C%11C%11C%10C%10C9C(C87)C7C6C5C5C4C4C3C3C2C2C1CC1C6CC8C%13C9C8C8C6C6C1C2C3C1C6C2C8C(C%129)C%11C3C%10C7C5C(C41)C32. The van der Waals surface area contributed by atoms with Gasteiger partial charge in [-0.2, -0.15) is 0 Å². The molecule has 0 radical (unpaired) electrons. The molecule has 0 spiro atoms. The number of fused-ring (bicyclic) bond motifs is 6. The normalized spacial score (nSPS) is 93.4. The summed E-state index contributed by atoms with van der Waals surface area (Å²) in [6, 6.07) is 0. The van der Waals surface area contributed by atoms with Crippen LogP contribution in [0, 0.1) is 355 Å². The smallest absolute Gasteiger partial charge is 0.0312 e. The van der Waals surface area contributed by atoms with Gasteiger partial charge in [-0.1, -0.05) is 13.8 Å². The van der Waals surface area contributed by atoms with Crippen molar-refractivity contribution in [1.29, 1.82) is 0 Å². The Balaban J connectivity index is 0.770. The van der Waals surface area contributed by atoms with Crippen molar-refractivity contribution in [3.8, 4) is 0 Å². The van der Waals surface area contributed by atoms with Gasteiger partial charge in [-0.25, -0.2) is 0 Å². The van der Waals surface area contributed by atoms with Crippen LogP contribution in [0.1, 0.15) is 78.1 Å². The van der Waals surface area contributed by atoms with Gasteiger partial charge >= 0.3 is 0 Å². The van der Waals surface area contributed by atoms with Crippen LogP contribution in [0.4, 0.5) is 0 Å². The summed E-state index contributed by atoms with van der Waals surface area (Å²) in [5.74, 6) is 75.0. The van der Waals surface area contributed by atoms with E-state index in [0.29, 0.717) is 0 Å². The molecule has 0 heteroatoms. The van der Waals surface area contributed by atoms with Gasteiger partial charge in [-0.05, 0) is 419 Å². The van der Waals surface area contributed by atoms with Crippen molar-refractivity contribution in [1.82, 2.24) is 0 Å². The largest absolute Gasteiger partial charge is 0.0620 e. The maximum atomic E-state index is 2.99. The Labute approximate surface area is 430 Å². The fourth-order valence-corrected chi connectivity index (χ4v) is 46.4. The van der Waals surface area contributed by atoms with Crippen LogP contribution in [0.2, 0.25) is 0 Å². The van der Waals surface area contributed by atoms with E-state index in [-0.39, 0.29) is 0 Å². The highest BCUT2D eigenvalue weighted by molar-refractivity contribution is 5.42. The van der Waals surface area contributed by atoms with E-state index in [1.54, 1.807) is 38.5 Å². The van der Waals surface area contributed by atoms with Crippen molar-refractivity contribution in [2.24, 2.45) is 355 Å². The second-order valence-corrected chi connectivity index (χ2v) is 39.3. The molecule has 30 aliphatic carbocycles. The molecule has 0 heterocycles. The highest BCUT2D eigenvalue weighted by Crippen LogP contribution is 2.99. The molecule has 0 nitrogen and oxygen atoms in total. The van der Waals surface area contributed by atoms with E-state index in [9.17, 15) is 0 Å². The van der Waals surface area contributed by atoms with E-state index >= 15 is 0 Å². The summed E-state index contributed by atoms with van der Waals surface area (Å²) < 4.78 is 0. The van der Waals surface area contributed by atoms with Gasteiger partial charge in [0.05, 0.1) is 0 Å². The van der Waals surface area contributed by atoms with Crippen molar-refractivity contribution in [2.45, 2.75) is 78.1 Å². The second kappa shape index (κ2) is 9.64. The Bertz CT molecular complexity index is 2690. The molecular formula is C72H86. The minimum absolute atomic E-state index is 1.05. The average Bonchev–Trinajstić information content (AvgIpc) is 4.03. The van der Waals surface area contributed by atoms with Gasteiger partial charge in [0.15, 0.2) is 0 Å². The summed E-state index contributed by atoms with van der Waals surface area (Å²) in [6.07, 6.45) is 18.1.